The summed E-state index contributed by atoms with van der Waals surface area (Å²) in [6.07, 6.45) is 0. The summed E-state index contributed by atoms with van der Waals surface area (Å²) in [5, 5.41) is 8.98. The van der Waals surface area contributed by atoms with Crippen LogP contribution in [0.15, 0.2) is 48.5 Å². The first-order valence-electron chi connectivity index (χ1n) is 5.62. The molecule has 0 aliphatic carbocycles. The van der Waals surface area contributed by atoms with E-state index in [0.29, 0.717) is 0 Å². The number of phenols is 1. The molecular weight excluding hydrogens is 226 g/mol. The van der Waals surface area contributed by atoms with Gasteiger partial charge >= 0.3 is 0 Å². The molecule has 2 rings (SSSR count). The van der Waals surface area contributed by atoms with Crippen LogP contribution in [0.1, 0.15) is 21.5 Å². The molecule has 0 aromatic heterocycles. The van der Waals surface area contributed by atoms with E-state index in [2.05, 4.69) is 38.1 Å². The minimum Gasteiger partial charge on any atom is -0.507 e. The number of para-hydroxylation sites is 1. The average Bonchev–Trinajstić information content (AvgIpc) is 2.34. The molecule has 0 bridgehead atoms. The summed E-state index contributed by atoms with van der Waals surface area (Å²) >= 11 is 0. The van der Waals surface area contributed by atoms with Crippen molar-refractivity contribution in [1.29, 1.82) is 0 Å². The van der Waals surface area contributed by atoms with Gasteiger partial charge in [0, 0.05) is 0 Å². The molecule has 3 N–H and O–H groups in total. The Balaban J connectivity index is 0.000000184. The molecule has 0 unspecified atom stereocenters. The van der Waals surface area contributed by atoms with Crippen molar-refractivity contribution < 1.29 is 9.90 Å². The quantitative estimate of drug-likeness (QED) is 0.809. The molecule has 0 heterocycles. The molecule has 2 aromatic carbocycles. The van der Waals surface area contributed by atoms with Gasteiger partial charge in [-0.25, -0.2) is 0 Å². The number of hydrogen-bond donors (Lipinski definition) is 2. The zero-order chi connectivity index (χ0) is 13.5. The highest BCUT2D eigenvalue weighted by atomic mass is 16.3. The maximum atomic E-state index is 10.5. The first-order chi connectivity index (χ1) is 8.52. The number of carbonyl (C=O) groups is 1. The number of aromatic hydroxyl groups is 1. The number of hydrogen-bond acceptors (Lipinski definition) is 2. The van der Waals surface area contributed by atoms with Gasteiger partial charge in [0.25, 0.3) is 5.91 Å². The van der Waals surface area contributed by atoms with Crippen molar-refractivity contribution in [2.24, 2.45) is 5.73 Å². The molecule has 0 saturated heterocycles. The van der Waals surface area contributed by atoms with Crippen LogP contribution >= 0.6 is 0 Å². The summed E-state index contributed by atoms with van der Waals surface area (Å²) in [4.78, 5) is 10.5. The normalized spacial score (nSPS) is 9.22. The second-order valence-electron chi connectivity index (χ2n) is 3.97. The van der Waals surface area contributed by atoms with Crippen LogP contribution in [-0.2, 0) is 0 Å². The fourth-order valence-corrected chi connectivity index (χ4v) is 1.34. The lowest BCUT2D eigenvalue weighted by molar-refractivity contribution is 0.0998. The Morgan fingerprint density at radius 1 is 0.944 bits per heavy atom. The minimum atomic E-state index is -0.613. The van der Waals surface area contributed by atoms with E-state index in [-0.39, 0.29) is 11.3 Å². The molecule has 0 aliphatic rings. The number of aryl methyl sites for hydroxylation is 2. The van der Waals surface area contributed by atoms with Gasteiger partial charge in [-0.3, -0.25) is 4.79 Å². The van der Waals surface area contributed by atoms with E-state index < -0.39 is 5.91 Å². The van der Waals surface area contributed by atoms with E-state index in [4.69, 9.17) is 10.8 Å². The lowest BCUT2D eigenvalue weighted by atomic mass is 10.1. The van der Waals surface area contributed by atoms with Gasteiger partial charge in [-0.15, -0.1) is 0 Å². The van der Waals surface area contributed by atoms with Gasteiger partial charge in [-0.05, 0) is 37.1 Å². The van der Waals surface area contributed by atoms with Crippen LogP contribution < -0.4 is 5.73 Å². The maximum Gasteiger partial charge on any atom is 0.252 e. The zero-order valence-corrected chi connectivity index (χ0v) is 10.6. The second-order valence-corrected chi connectivity index (χ2v) is 3.97. The van der Waals surface area contributed by atoms with Gasteiger partial charge in [-0.1, -0.05) is 36.4 Å². The summed E-state index contributed by atoms with van der Waals surface area (Å²) in [5.74, 6) is -0.687. The Kier molecular flexibility index (Phi) is 4.93. The molecule has 1 amide bonds. The fourth-order valence-electron chi connectivity index (χ4n) is 1.34. The number of primary amides is 1. The SMILES string of the molecule is Cc1ccccc1C.NC(=O)c1ccccc1O. The van der Waals surface area contributed by atoms with Crippen LogP contribution in [0.5, 0.6) is 5.75 Å². The lowest BCUT2D eigenvalue weighted by Crippen LogP contribution is -2.10. The van der Waals surface area contributed by atoms with Crippen molar-refractivity contribution in [3.63, 3.8) is 0 Å². The highest BCUT2D eigenvalue weighted by Crippen LogP contribution is 2.13. The van der Waals surface area contributed by atoms with Gasteiger partial charge in [0.2, 0.25) is 0 Å². The average molecular weight is 243 g/mol. The maximum absolute atomic E-state index is 10.5. The molecule has 0 spiro atoms. The van der Waals surface area contributed by atoms with Gasteiger partial charge in [0.15, 0.2) is 0 Å². The number of amides is 1. The van der Waals surface area contributed by atoms with Crippen LogP contribution in [0, 0.1) is 13.8 Å². The predicted molar refractivity (Wildman–Crippen MR) is 72.5 cm³/mol. The zero-order valence-electron chi connectivity index (χ0n) is 10.6. The van der Waals surface area contributed by atoms with E-state index >= 15 is 0 Å². The molecule has 3 heteroatoms. The molecule has 94 valence electrons. The van der Waals surface area contributed by atoms with Gasteiger partial charge in [0.05, 0.1) is 5.56 Å². The lowest BCUT2D eigenvalue weighted by Gasteiger charge is -1.96. The third kappa shape index (κ3) is 3.94. The van der Waals surface area contributed by atoms with E-state index in [0.717, 1.165) is 0 Å². The highest BCUT2D eigenvalue weighted by Gasteiger charge is 2.03. The Labute approximate surface area is 107 Å². The predicted octanol–water partition coefficient (Wildman–Crippen LogP) is 2.79. The topological polar surface area (TPSA) is 63.3 Å². The van der Waals surface area contributed by atoms with Crippen molar-refractivity contribution in [2.45, 2.75) is 13.8 Å². The van der Waals surface area contributed by atoms with Crippen LogP contribution in [0.2, 0.25) is 0 Å². The number of nitrogens with two attached hydrogens (primary N) is 1. The third-order valence-electron chi connectivity index (χ3n) is 2.60. The standard InChI is InChI=1S/C8H10.C7H7NO2/c1-7-5-3-4-6-8(7)2;8-7(10)5-3-1-2-4-6(5)9/h3-6H,1-2H3;1-4,9H,(H2,8,10). The van der Waals surface area contributed by atoms with Gasteiger partial charge in [0.1, 0.15) is 5.75 Å². The summed E-state index contributed by atoms with van der Waals surface area (Å²) in [6, 6.07) is 14.5. The first-order valence-corrected chi connectivity index (χ1v) is 5.62. The highest BCUT2D eigenvalue weighted by molar-refractivity contribution is 5.95. The second kappa shape index (κ2) is 6.45. The first kappa shape index (κ1) is 13.8. The summed E-state index contributed by atoms with van der Waals surface area (Å²) in [6.45, 7) is 4.24. The summed E-state index contributed by atoms with van der Waals surface area (Å²) < 4.78 is 0. The smallest absolute Gasteiger partial charge is 0.252 e. The van der Waals surface area contributed by atoms with Gasteiger partial charge in [-0.2, -0.15) is 0 Å². The largest absolute Gasteiger partial charge is 0.507 e. The molecule has 2 aromatic rings. The molecule has 0 aliphatic heterocycles. The Hall–Kier alpha value is -2.29. The minimum absolute atomic E-state index is 0.0741. The van der Waals surface area contributed by atoms with Crippen molar-refractivity contribution in [2.75, 3.05) is 0 Å². The van der Waals surface area contributed by atoms with Crippen molar-refractivity contribution in [1.82, 2.24) is 0 Å². The fraction of sp³-hybridized carbons (Fsp3) is 0.133. The van der Waals surface area contributed by atoms with Crippen LogP contribution in [0.3, 0.4) is 0 Å². The number of benzene rings is 2. The molecule has 0 atom stereocenters. The Bertz CT molecular complexity index is 515. The third-order valence-corrected chi connectivity index (χ3v) is 2.60. The van der Waals surface area contributed by atoms with Crippen molar-refractivity contribution in [3.8, 4) is 5.75 Å². The molecule has 0 radical (unpaired) electrons. The number of carbonyl (C=O) groups excluding carboxylic acids is 1. The van der Waals surface area contributed by atoms with Crippen molar-refractivity contribution >= 4 is 5.91 Å². The Morgan fingerprint density at radius 3 is 1.72 bits per heavy atom. The number of rotatable bonds is 1. The van der Waals surface area contributed by atoms with Gasteiger partial charge < -0.3 is 10.8 Å². The molecule has 3 nitrogen and oxygen atoms in total. The van der Waals surface area contributed by atoms with E-state index in [1.54, 1.807) is 12.1 Å². The van der Waals surface area contributed by atoms with E-state index in [1.165, 1.54) is 23.3 Å². The molecule has 0 fully saturated rings. The molecular formula is C15H17NO2. The summed E-state index contributed by atoms with van der Waals surface area (Å²) in [7, 11) is 0. The summed E-state index contributed by atoms with van der Waals surface area (Å²) in [5.41, 5.74) is 7.81. The van der Waals surface area contributed by atoms with E-state index in [1.807, 2.05) is 0 Å². The molecule has 18 heavy (non-hydrogen) atoms. The Morgan fingerprint density at radius 2 is 1.39 bits per heavy atom. The van der Waals surface area contributed by atoms with E-state index in [9.17, 15) is 4.79 Å². The van der Waals surface area contributed by atoms with Crippen LogP contribution in [0.4, 0.5) is 0 Å². The monoisotopic (exact) mass is 243 g/mol. The van der Waals surface area contributed by atoms with Crippen molar-refractivity contribution in [3.05, 3.63) is 65.2 Å². The molecule has 0 saturated carbocycles. The van der Waals surface area contributed by atoms with Crippen LogP contribution in [-0.4, -0.2) is 11.0 Å². The van der Waals surface area contributed by atoms with Crippen LogP contribution in [0.25, 0.3) is 0 Å².